The molecule has 3 amide bonds. The molecule has 9 nitrogen and oxygen atoms in total. The third-order valence-corrected chi connectivity index (χ3v) is 11.1. The van der Waals surface area contributed by atoms with Gasteiger partial charge in [0.05, 0.1) is 12.1 Å². The Bertz CT molecular complexity index is 2190. The summed E-state index contributed by atoms with van der Waals surface area (Å²) in [5, 5.41) is 11.2. The number of nitrogens with zero attached hydrogens (tertiary/aromatic N) is 1. The van der Waals surface area contributed by atoms with Crippen LogP contribution in [0.15, 0.2) is 206 Å². The third-order valence-electron chi connectivity index (χ3n) is 11.1. The van der Waals surface area contributed by atoms with E-state index in [1.54, 1.807) is 0 Å². The topological polar surface area (TPSA) is 122 Å². The Morgan fingerprint density at radius 3 is 1.14 bits per heavy atom. The van der Waals surface area contributed by atoms with Gasteiger partial charge in [0.2, 0.25) is 5.91 Å². The molecule has 0 aliphatic carbocycles. The van der Waals surface area contributed by atoms with Gasteiger partial charge in [-0.3, -0.25) is 9.59 Å². The minimum atomic E-state index is -0.741. The van der Waals surface area contributed by atoms with Gasteiger partial charge >= 0.3 is 18.2 Å². The lowest BCUT2D eigenvalue weighted by molar-refractivity contribution is -0.137. The third kappa shape index (κ3) is 31.2. The number of imide groups is 1. The number of cyclic esters (lactones) is 2. The molecule has 73 heavy (non-hydrogen) atoms. The molecule has 2 aliphatic heterocycles. The molecule has 0 radical (unpaired) electrons. The number of amides is 3. The van der Waals surface area contributed by atoms with Crippen molar-refractivity contribution < 1.29 is 33.8 Å². The van der Waals surface area contributed by atoms with Gasteiger partial charge < -0.3 is 19.9 Å². The zero-order chi connectivity index (χ0) is 52.8. The summed E-state index contributed by atoms with van der Waals surface area (Å²) < 4.78 is 10.6. The molecule has 0 saturated carbocycles. The molecule has 0 aromatic heterocycles. The number of rotatable bonds is 30. The first-order valence-electron chi connectivity index (χ1n) is 26.3. The van der Waals surface area contributed by atoms with Crippen molar-refractivity contribution in [1.82, 2.24) is 10.2 Å². The van der Waals surface area contributed by atoms with E-state index in [1.807, 2.05) is 92.7 Å². The summed E-state index contributed by atoms with van der Waals surface area (Å²) in [6, 6.07) is 19.0. The Morgan fingerprint density at radius 2 is 0.808 bits per heavy atom. The highest BCUT2D eigenvalue weighted by atomic mass is 16.6. The lowest BCUT2D eigenvalue weighted by Gasteiger charge is -2.19. The monoisotopic (exact) mass is 993 g/mol. The van der Waals surface area contributed by atoms with Gasteiger partial charge in [-0.25, -0.2) is 14.5 Å². The summed E-state index contributed by atoms with van der Waals surface area (Å²) in [5.41, 5.74) is 1.94. The van der Waals surface area contributed by atoms with Gasteiger partial charge in [0.15, 0.2) is 0 Å². The Labute approximate surface area is 438 Å². The van der Waals surface area contributed by atoms with Gasteiger partial charge in [-0.15, -0.1) is 0 Å². The first kappa shape index (κ1) is 62.1. The van der Waals surface area contributed by atoms with Crippen LogP contribution in [0.5, 0.6) is 0 Å². The number of alkyl carbamates (subject to hydrolysis) is 1. The van der Waals surface area contributed by atoms with Crippen molar-refractivity contribution in [2.45, 2.75) is 155 Å². The number of benzene rings is 2. The average molecular weight is 993 g/mol. The number of nitrogens with one attached hydrogen (secondary N) is 1. The summed E-state index contributed by atoms with van der Waals surface area (Å²) in [5.74, 6) is -0.931. The molecule has 2 aromatic rings. The number of allylic oxidation sites excluding steroid dienone is 24. The average Bonchev–Trinajstić information content (AvgIpc) is 3.90. The number of carboxylic acids is 1. The van der Waals surface area contributed by atoms with Crippen LogP contribution in [-0.2, 0) is 19.1 Å². The fourth-order valence-electron chi connectivity index (χ4n) is 7.21. The van der Waals surface area contributed by atoms with Crippen molar-refractivity contribution in [1.29, 1.82) is 0 Å². The zero-order valence-corrected chi connectivity index (χ0v) is 44.1. The fourth-order valence-corrected chi connectivity index (χ4v) is 7.21. The van der Waals surface area contributed by atoms with Crippen LogP contribution in [0.25, 0.3) is 0 Å². The van der Waals surface area contributed by atoms with Crippen molar-refractivity contribution in [3.05, 3.63) is 218 Å². The Morgan fingerprint density at radius 1 is 0.479 bits per heavy atom. The second kappa shape index (κ2) is 42.7. The molecular formula is C64H84N2O7. The molecule has 4 atom stereocenters. The molecule has 2 heterocycles. The SMILES string of the molecule is CC/C=C\C/C=C\C/C=C\C/C=C\C/C=C\C/C=C\CCC(=O)N1C(=O)OC(c2ccccc2)[C@H]1C.CC/C=C\C/C=C\C/C=C\C/C=C\C/C=C\C/C=C\CCC(=O)O.C[C@H]1NC(=O)O[C@H]1c1ccccc1. The Balaban J connectivity index is 0.000000420. The van der Waals surface area contributed by atoms with Crippen molar-refractivity contribution in [3.63, 3.8) is 0 Å². The van der Waals surface area contributed by atoms with Crippen LogP contribution in [0.4, 0.5) is 9.59 Å². The summed E-state index contributed by atoms with van der Waals surface area (Å²) in [6.45, 7) is 8.09. The smallest absolute Gasteiger partial charge is 0.417 e. The van der Waals surface area contributed by atoms with E-state index in [0.29, 0.717) is 19.3 Å². The number of ether oxygens (including phenoxy) is 2. The summed E-state index contributed by atoms with van der Waals surface area (Å²) >= 11 is 0. The van der Waals surface area contributed by atoms with E-state index in [1.165, 1.54) is 4.90 Å². The second-order valence-electron chi connectivity index (χ2n) is 17.2. The lowest BCUT2D eigenvalue weighted by atomic mass is 10.0. The fraction of sp³-hybridized carbons (Fsp3) is 0.375. The van der Waals surface area contributed by atoms with E-state index in [9.17, 15) is 19.2 Å². The number of carbonyl (C=O) groups excluding carboxylic acids is 3. The number of carboxylic acid groups (broad SMARTS) is 1. The van der Waals surface area contributed by atoms with Crippen LogP contribution in [0, 0.1) is 0 Å². The quantitative estimate of drug-likeness (QED) is 0.0748. The molecule has 2 saturated heterocycles. The van der Waals surface area contributed by atoms with Crippen LogP contribution in [0.3, 0.4) is 0 Å². The summed E-state index contributed by atoms with van der Waals surface area (Å²) in [6.07, 6.45) is 63.6. The van der Waals surface area contributed by atoms with Crippen molar-refractivity contribution in [2.24, 2.45) is 0 Å². The number of carbonyl (C=O) groups is 4. The number of hydrogen-bond acceptors (Lipinski definition) is 6. The van der Waals surface area contributed by atoms with E-state index in [2.05, 4.69) is 147 Å². The molecule has 2 aliphatic rings. The minimum Gasteiger partial charge on any atom is -0.481 e. The molecule has 1 unspecified atom stereocenters. The van der Waals surface area contributed by atoms with Crippen molar-refractivity contribution in [2.75, 3.05) is 0 Å². The van der Waals surface area contributed by atoms with Crippen molar-refractivity contribution >= 4 is 24.1 Å². The lowest BCUT2D eigenvalue weighted by Crippen LogP contribution is -2.37. The molecule has 2 N–H and O–H groups in total. The highest BCUT2D eigenvalue weighted by Gasteiger charge is 2.42. The van der Waals surface area contributed by atoms with E-state index < -0.39 is 18.2 Å². The van der Waals surface area contributed by atoms with Crippen LogP contribution in [0.2, 0.25) is 0 Å². The van der Waals surface area contributed by atoms with E-state index >= 15 is 0 Å². The highest BCUT2D eigenvalue weighted by molar-refractivity contribution is 5.93. The predicted molar refractivity (Wildman–Crippen MR) is 303 cm³/mol. The summed E-state index contributed by atoms with van der Waals surface area (Å²) in [7, 11) is 0. The van der Waals surface area contributed by atoms with Crippen LogP contribution in [0.1, 0.15) is 154 Å². The zero-order valence-electron chi connectivity index (χ0n) is 44.1. The minimum absolute atomic E-state index is 0.0508. The highest BCUT2D eigenvalue weighted by Crippen LogP contribution is 2.33. The Hall–Kier alpha value is -7.00. The maximum absolute atomic E-state index is 12.6. The molecule has 392 valence electrons. The summed E-state index contributed by atoms with van der Waals surface area (Å²) in [4.78, 5) is 47.3. The van der Waals surface area contributed by atoms with Gasteiger partial charge in [0, 0.05) is 12.8 Å². The molecule has 9 heteroatoms. The molecular weight excluding hydrogens is 909 g/mol. The van der Waals surface area contributed by atoms with Gasteiger partial charge in [-0.1, -0.05) is 220 Å². The van der Waals surface area contributed by atoms with Gasteiger partial charge in [-0.05, 0) is 115 Å². The van der Waals surface area contributed by atoms with Gasteiger partial charge in [0.1, 0.15) is 12.2 Å². The maximum atomic E-state index is 12.6. The molecule has 2 fully saturated rings. The Kier molecular flexibility index (Phi) is 36.3. The largest absolute Gasteiger partial charge is 0.481 e. The molecule has 0 bridgehead atoms. The predicted octanol–water partition coefficient (Wildman–Crippen LogP) is 17.0. The van der Waals surface area contributed by atoms with E-state index in [-0.39, 0.29) is 36.6 Å². The van der Waals surface area contributed by atoms with Crippen LogP contribution >= 0.6 is 0 Å². The van der Waals surface area contributed by atoms with E-state index in [4.69, 9.17) is 14.6 Å². The number of aliphatic carboxylic acids is 1. The standard InChI is InChI=1S/C32H41NO3.C22H32O2.C10H11NO2/c1-3-4-5-6-7-8-9-10-11-12-13-14-15-16-17-18-19-20-24-27-30(34)33-28(2)31(36-32(33)35)29-25-22-21-23-26-29;1-2-3-4-5-6-7-8-9-10-11-12-13-14-15-16-17-18-19-20-21-22(23)24;1-7-9(13-10(12)11-7)8-5-3-2-4-6-8/h4-5,7-8,10-11,13-14,16-17,19-23,25-26,28,31H,3,6,9,12,15,18,24,27H2,1-2H3;3-4,6-7,9-10,12-13,15-16,18-19H,2,5,8,11,14,17,20-21H2,1H3,(H,23,24);2-7,9H,1H3,(H,11,12)/b5-4-,8-7-,11-10-,14-13-,17-16-,20-19-;4-3-,7-6-,10-9-,13-12-,16-15-,19-18-;/t28-,31?;;7-,9-/m1.1/s1. The van der Waals surface area contributed by atoms with Crippen LogP contribution < -0.4 is 5.32 Å². The molecule has 4 rings (SSSR count). The second-order valence-corrected chi connectivity index (χ2v) is 17.2. The first-order chi connectivity index (χ1) is 35.7. The van der Waals surface area contributed by atoms with E-state index in [0.717, 1.165) is 88.2 Å². The van der Waals surface area contributed by atoms with Crippen LogP contribution in [-0.4, -0.2) is 46.2 Å². The first-order valence-corrected chi connectivity index (χ1v) is 26.3. The maximum Gasteiger partial charge on any atom is 0.417 e. The normalized spacial score (nSPS) is 18.3. The van der Waals surface area contributed by atoms with Gasteiger partial charge in [0.25, 0.3) is 0 Å². The molecule has 0 spiro atoms. The van der Waals surface area contributed by atoms with Crippen molar-refractivity contribution in [3.8, 4) is 0 Å². The molecule has 2 aromatic carbocycles. The van der Waals surface area contributed by atoms with Gasteiger partial charge in [-0.2, -0.15) is 0 Å². The number of hydrogen-bond donors (Lipinski definition) is 2.